The van der Waals surface area contributed by atoms with Crippen molar-refractivity contribution in [1.29, 1.82) is 0 Å². The van der Waals surface area contributed by atoms with Gasteiger partial charge in [-0.1, -0.05) is 12.1 Å². The summed E-state index contributed by atoms with van der Waals surface area (Å²) < 4.78 is 14.8. The second-order valence-electron chi connectivity index (χ2n) is 8.04. The predicted molar refractivity (Wildman–Crippen MR) is 127 cm³/mol. The highest BCUT2D eigenvalue weighted by Gasteiger charge is 2.25. The molecular formula is C25H33FN4O2. The van der Waals surface area contributed by atoms with Crippen molar-refractivity contribution < 1.29 is 14.0 Å². The molecule has 7 heteroatoms. The third-order valence-corrected chi connectivity index (χ3v) is 6.04. The summed E-state index contributed by atoms with van der Waals surface area (Å²) >= 11 is 0. The van der Waals surface area contributed by atoms with Gasteiger partial charge in [0.1, 0.15) is 5.82 Å². The number of nitrogens with zero attached hydrogens (tertiary/aromatic N) is 3. The first-order chi connectivity index (χ1) is 15.5. The molecule has 0 aromatic heterocycles. The van der Waals surface area contributed by atoms with Crippen LogP contribution in [0, 0.1) is 5.82 Å². The lowest BCUT2D eigenvalue weighted by atomic mass is 10.1. The Balaban J connectivity index is 1.91. The first kappa shape index (κ1) is 23.7. The van der Waals surface area contributed by atoms with Gasteiger partial charge in [-0.2, -0.15) is 0 Å². The first-order valence-electron chi connectivity index (χ1n) is 11.4. The van der Waals surface area contributed by atoms with Gasteiger partial charge < -0.3 is 15.5 Å². The maximum atomic E-state index is 14.8. The van der Waals surface area contributed by atoms with Crippen LogP contribution in [0.5, 0.6) is 0 Å². The Kier molecular flexibility index (Phi) is 8.22. The highest BCUT2D eigenvalue weighted by Crippen LogP contribution is 2.25. The number of halogens is 1. The van der Waals surface area contributed by atoms with Crippen LogP contribution >= 0.6 is 0 Å². The summed E-state index contributed by atoms with van der Waals surface area (Å²) in [6, 6.07) is 12.1. The van der Waals surface area contributed by atoms with E-state index in [2.05, 4.69) is 18.7 Å². The maximum Gasteiger partial charge on any atom is 0.324 e. The highest BCUT2D eigenvalue weighted by molar-refractivity contribution is 5.97. The number of hydrogen-bond donors (Lipinski definition) is 1. The Morgan fingerprint density at radius 3 is 2.16 bits per heavy atom. The van der Waals surface area contributed by atoms with Crippen LogP contribution in [-0.4, -0.2) is 49.4 Å². The van der Waals surface area contributed by atoms with E-state index < -0.39 is 5.82 Å². The molecule has 1 aliphatic heterocycles. The number of likely N-dealkylation sites (tertiary alicyclic amines) is 1. The molecular weight excluding hydrogens is 407 g/mol. The lowest BCUT2D eigenvalue weighted by molar-refractivity contribution is 0.100. The van der Waals surface area contributed by atoms with Crippen molar-refractivity contribution in [3.8, 4) is 0 Å². The second kappa shape index (κ2) is 11.1. The quantitative estimate of drug-likeness (QED) is 0.617. The van der Waals surface area contributed by atoms with E-state index in [4.69, 9.17) is 5.73 Å². The topological polar surface area (TPSA) is 69.9 Å². The molecule has 2 aromatic rings. The van der Waals surface area contributed by atoms with E-state index in [1.165, 1.54) is 6.07 Å². The Morgan fingerprint density at radius 2 is 1.59 bits per heavy atom. The molecule has 32 heavy (non-hydrogen) atoms. The molecule has 0 unspecified atom stereocenters. The second-order valence-corrected chi connectivity index (χ2v) is 8.04. The molecule has 0 aliphatic carbocycles. The zero-order valence-corrected chi connectivity index (χ0v) is 19.0. The van der Waals surface area contributed by atoms with E-state index in [1.807, 2.05) is 29.2 Å². The average molecular weight is 441 g/mol. The van der Waals surface area contributed by atoms with E-state index in [0.717, 1.165) is 43.7 Å². The van der Waals surface area contributed by atoms with Crippen LogP contribution in [0.1, 0.15) is 49.0 Å². The van der Waals surface area contributed by atoms with Crippen molar-refractivity contribution in [2.45, 2.75) is 39.7 Å². The van der Waals surface area contributed by atoms with Gasteiger partial charge in [-0.15, -0.1) is 0 Å². The number of hydrogen-bond acceptors (Lipinski definition) is 4. The van der Waals surface area contributed by atoms with Gasteiger partial charge >= 0.3 is 6.03 Å². The van der Waals surface area contributed by atoms with Gasteiger partial charge in [0.2, 0.25) is 0 Å². The van der Waals surface area contributed by atoms with Gasteiger partial charge in [0.25, 0.3) is 0 Å². The molecule has 0 atom stereocenters. The van der Waals surface area contributed by atoms with Crippen LogP contribution in [0.25, 0.3) is 0 Å². The van der Waals surface area contributed by atoms with Crippen LogP contribution in [0.15, 0.2) is 42.5 Å². The number of benzene rings is 2. The summed E-state index contributed by atoms with van der Waals surface area (Å²) in [5.41, 5.74) is 7.79. The zero-order valence-electron chi connectivity index (χ0n) is 19.0. The third-order valence-electron chi connectivity index (χ3n) is 6.04. The molecule has 0 saturated carbocycles. The Bertz CT molecular complexity index is 922. The normalized spacial score (nSPS) is 13.7. The zero-order chi connectivity index (χ0) is 23.1. The maximum absolute atomic E-state index is 14.8. The molecule has 2 amide bonds. The summed E-state index contributed by atoms with van der Waals surface area (Å²) in [6.45, 7) is 7.33. The fraction of sp³-hybridized carbons (Fsp3) is 0.440. The Labute approximate surface area is 189 Å². The fourth-order valence-electron chi connectivity index (χ4n) is 4.09. The van der Waals surface area contributed by atoms with E-state index in [9.17, 15) is 14.0 Å². The van der Waals surface area contributed by atoms with Crippen molar-refractivity contribution >= 4 is 23.2 Å². The summed E-state index contributed by atoms with van der Waals surface area (Å²) in [5.74, 6) is -0.829. The van der Waals surface area contributed by atoms with Crippen LogP contribution in [0.2, 0.25) is 0 Å². The van der Waals surface area contributed by atoms with E-state index in [-0.39, 0.29) is 30.5 Å². The number of carbonyl (C=O) groups excluding carboxylic acids is 2. The Morgan fingerprint density at radius 1 is 0.969 bits per heavy atom. The van der Waals surface area contributed by atoms with Crippen LogP contribution in [0.3, 0.4) is 0 Å². The number of ketones is 1. The summed E-state index contributed by atoms with van der Waals surface area (Å²) in [7, 11) is 0. The molecule has 6 nitrogen and oxygen atoms in total. The van der Waals surface area contributed by atoms with Crippen LogP contribution in [-0.2, 0) is 6.54 Å². The average Bonchev–Trinajstić information content (AvgIpc) is 2.84. The molecule has 172 valence electrons. The monoisotopic (exact) mass is 440 g/mol. The minimum atomic E-state index is -0.513. The number of piperidine rings is 1. The van der Waals surface area contributed by atoms with Gasteiger partial charge in [-0.25, -0.2) is 9.18 Å². The number of rotatable bonds is 8. The summed E-state index contributed by atoms with van der Waals surface area (Å²) in [6.07, 6.45) is 3.07. The van der Waals surface area contributed by atoms with Crippen molar-refractivity contribution in [3.63, 3.8) is 0 Å². The molecule has 2 N–H and O–H groups in total. The summed E-state index contributed by atoms with van der Waals surface area (Å²) in [5, 5.41) is 0. The minimum absolute atomic E-state index is 0.0862. The number of amides is 2. The molecule has 2 aromatic carbocycles. The number of anilines is 2. The number of carbonyl (C=O) groups is 2. The molecule has 1 aliphatic rings. The van der Waals surface area contributed by atoms with E-state index in [1.54, 1.807) is 17.0 Å². The lowest BCUT2D eigenvalue weighted by Crippen LogP contribution is -2.45. The van der Waals surface area contributed by atoms with Gasteiger partial charge in [0.15, 0.2) is 5.78 Å². The minimum Gasteiger partial charge on any atom is -0.372 e. The SMILES string of the molecule is CCN(CC)c1ccc(N(Cc2ccc(C(=O)CN)cc2F)C(=O)N2CCCCC2)cc1. The van der Waals surface area contributed by atoms with E-state index >= 15 is 0 Å². The molecule has 1 fully saturated rings. The smallest absolute Gasteiger partial charge is 0.324 e. The fourth-order valence-corrected chi connectivity index (χ4v) is 4.09. The van der Waals surface area contributed by atoms with Gasteiger partial charge in [-0.05, 0) is 63.4 Å². The standard InChI is InChI=1S/C25H33FN4O2/c1-3-28(4-2)21-10-12-22(13-11-21)30(25(32)29-14-6-5-7-15-29)18-20-9-8-19(16-23(20)26)24(31)17-27/h8-13,16H,3-7,14-15,17-18,27H2,1-2H3. The van der Waals surface area contributed by atoms with Crippen molar-refractivity contribution in [1.82, 2.24) is 4.90 Å². The summed E-state index contributed by atoms with van der Waals surface area (Å²) in [4.78, 5) is 30.9. The largest absolute Gasteiger partial charge is 0.372 e. The van der Waals surface area contributed by atoms with Gasteiger partial charge in [-0.3, -0.25) is 9.69 Å². The van der Waals surface area contributed by atoms with E-state index in [0.29, 0.717) is 18.7 Å². The van der Waals surface area contributed by atoms with Crippen molar-refractivity contribution in [2.24, 2.45) is 5.73 Å². The highest BCUT2D eigenvalue weighted by atomic mass is 19.1. The van der Waals surface area contributed by atoms with Crippen molar-refractivity contribution in [2.75, 3.05) is 42.5 Å². The third kappa shape index (κ3) is 5.46. The van der Waals surface area contributed by atoms with Gasteiger partial charge in [0.05, 0.1) is 13.1 Å². The molecule has 0 radical (unpaired) electrons. The first-order valence-corrected chi connectivity index (χ1v) is 11.4. The molecule has 1 saturated heterocycles. The van der Waals surface area contributed by atoms with Crippen molar-refractivity contribution in [3.05, 3.63) is 59.4 Å². The molecule has 1 heterocycles. The number of Topliss-reactive ketones (excluding diaryl/α,β-unsaturated/α-hetero) is 1. The predicted octanol–water partition coefficient (Wildman–Crippen LogP) is 4.43. The molecule has 3 rings (SSSR count). The van der Waals surface area contributed by atoms with Crippen LogP contribution < -0.4 is 15.5 Å². The lowest BCUT2D eigenvalue weighted by Gasteiger charge is -2.33. The molecule has 0 bridgehead atoms. The number of urea groups is 1. The Hall–Kier alpha value is -2.93. The van der Waals surface area contributed by atoms with Gasteiger partial charge in [0, 0.05) is 48.7 Å². The number of nitrogens with two attached hydrogens (primary N) is 1. The van der Waals surface area contributed by atoms with Crippen LogP contribution in [0.4, 0.5) is 20.6 Å². The molecule has 0 spiro atoms.